The van der Waals surface area contributed by atoms with E-state index in [1.165, 1.54) is 14.2 Å². The Morgan fingerprint density at radius 1 is 1.12 bits per heavy atom. The first-order valence-electron chi connectivity index (χ1n) is 5.15. The van der Waals surface area contributed by atoms with Crippen molar-refractivity contribution in [2.75, 3.05) is 14.2 Å². The van der Waals surface area contributed by atoms with Crippen molar-refractivity contribution in [3.8, 4) is 18.0 Å². The highest BCUT2D eigenvalue weighted by atomic mass is 16.5. The Hall–Kier alpha value is -2.18. The second-order valence-electron chi connectivity index (χ2n) is 3.18. The quantitative estimate of drug-likeness (QED) is 0.774. The van der Waals surface area contributed by atoms with Crippen molar-refractivity contribution in [3.05, 3.63) is 18.2 Å². The van der Waals surface area contributed by atoms with Crippen molar-refractivity contribution in [1.82, 2.24) is 24.5 Å². The second kappa shape index (κ2) is 4.77. The number of imidazole rings is 1. The van der Waals surface area contributed by atoms with Gasteiger partial charge in [0.05, 0.1) is 14.2 Å². The van der Waals surface area contributed by atoms with Gasteiger partial charge in [-0.3, -0.25) is 4.57 Å². The summed E-state index contributed by atoms with van der Waals surface area (Å²) in [7, 11) is 2.99. The number of hydrogen-bond acceptors (Lipinski definition) is 6. The van der Waals surface area contributed by atoms with Crippen LogP contribution >= 0.6 is 0 Å². The van der Waals surface area contributed by atoms with Crippen LogP contribution in [0.5, 0.6) is 12.0 Å². The van der Waals surface area contributed by atoms with Crippen LogP contribution in [0.4, 0.5) is 0 Å². The van der Waals surface area contributed by atoms with Crippen molar-refractivity contribution in [2.45, 2.75) is 13.3 Å². The van der Waals surface area contributed by atoms with Crippen molar-refractivity contribution >= 4 is 0 Å². The third kappa shape index (κ3) is 2.17. The minimum Gasteiger partial charge on any atom is -0.467 e. The molecule has 0 atom stereocenters. The molecule has 2 aromatic heterocycles. The number of ether oxygens (including phenoxy) is 2. The molecule has 2 rings (SSSR count). The first-order valence-corrected chi connectivity index (χ1v) is 5.15. The summed E-state index contributed by atoms with van der Waals surface area (Å²) in [4.78, 5) is 16.4. The van der Waals surface area contributed by atoms with Gasteiger partial charge in [0.1, 0.15) is 5.82 Å². The fourth-order valence-electron chi connectivity index (χ4n) is 1.40. The predicted octanol–water partition coefficient (Wildman–Crippen LogP) is 0.637. The molecule has 7 nitrogen and oxygen atoms in total. The molecule has 7 heteroatoms. The molecular formula is C10H13N5O2. The van der Waals surface area contributed by atoms with E-state index in [0.29, 0.717) is 5.95 Å². The van der Waals surface area contributed by atoms with Gasteiger partial charge >= 0.3 is 12.0 Å². The summed E-state index contributed by atoms with van der Waals surface area (Å²) in [6, 6.07) is 0.421. The zero-order valence-corrected chi connectivity index (χ0v) is 9.91. The number of rotatable bonds is 4. The van der Waals surface area contributed by atoms with Gasteiger partial charge in [0.15, 0.2) is 0 Å². The Kier molecular flexibility index (Phi) is 3.17. The third-order valence-electron chi connectivity index (χ3n) is 2.20. The Morgan fingerprint density at radius 3 is 2.29 bits per heavy atom. The summed E-state index contributed by atoms with van der Waals surface area (Å²) in [6.45, 7) is 2.01. The monoisotopic (exact) mass is 235 g/mol. The van der Waals surface area contributed by atoms with Crippen LogP contribution in [0.3, 0.4) is 0 Å². The highest BCUT2D eigenvalue weighted by Crippen LogP contribution is 2.13. The lowest BCUT2D eigenvalue weighted by Crippen LogP contribution is -2.08. The molecule has 17 heavy (non-hydrogen) atoms. The number of hydrogen-bond donors (Lipinski definition) is 0. The summed E-state index contributed by atoms with van der Waals surface area (Å²) < 4.78 is 11.8. The SMILES string of the molecule is CCc1nccn1-c1nc(OC)nc(OC)n1. The first-order chi connectivity index (χ1) is 8.28. The van der Waals surface area contributed by atoms with Crippen LogP contribution in [-0.2, 0) is 6.42 Å². The van der Waals surface area contributed by atoms with Crippen LogP contribution in [0.1, 0.15) is 12.7 Å². The molecule has 2 heterocycles. The Morgan fingerprint density at radius 2 is 1.76 bits per heavy atom. The molecule has 0 fully saturated rings. The van der Waals surface area contributed by atoms with E-state index in [9.17, 15) is 0 Å². The fourth-order valence-corrected chi connectivity index (χ4v) is 1.40. The molecule has 0 aliphatic carbocycles. The van der Waals surface area contributed by atoms with E-state index in [1.807, 2.05) is 6.92 Å². The maximum atomic E-state index is 4.99. The lowest BCUT2D eigenvalue weighted by molar-refractivity contribution is 0.338. The molecule has 0 aliphatic rings. The Labute approximate surface area is 98.5 Å². The van der Waals surface area contributed by atoms with E-state index >= 15 is 0 Å². The van der Waals surface area contributed by atoms with Gasteiger partial charge in [-0.1, -0.05) is 6.92 Å². The Bertz CT molecular complexity index is 489. The maximum Gasteiger partial charge on any atom is 0.324 e. The lowest BCUT2D eigenvalue weighted by Gasteiger charge is -2.07. The topological polar surface area (TPSA) is 75.0 Å². The molecule has 2 aromatic rings. The van der Waals surface area contributed by atoms with E-state index in [-0.39, 0.29) is 12.0 Å². The summed E-state index contributed by atoms with van der Waals surface area (Å²) in [5.74, 6) is 1.29. The number of aryl methyl sites for hydroxylation is 1. The van der Waals surface area contributed by atoms with E-state index in [4.69, 9.17) is 9.47 Å². The maximum absolute atomic E-state index is 4.99. The highest BCUT2D eigenvalue weighted by Gasteiger charge is 2.11. The molecule has 0 aromatic carbocycles. The molecule has 0 bridgehead atoms. The summed E-state index contributed by atoms with van der Waals surface area (Å²) >= 11 is 0. The van der Waals surface area contributed by atoms with Crippen LogP contribution in [0.2, 0.25) is 0 Å². The molecule has 0 saturated carbocycles. The molecule has 0 N–H and O–H groups in total. The normalized spacial score (nSPS) is 10.3. The van der Waals surface area contributed by atoms with Crippen LogP contribution in [-0.4, -0.2) is 38.7 Å². The predicted molar refractivity (Wildman–Crippen MR) is 59.4 cm³/mol. The zero-order chi connectivity index (χ0) is 12.3. The van der Waals surface area contributed by atoms with Gasteiger partial charge in [0.2, 0.25) is 5.95 Å². The summed E-state index contributed by atoms with van der Waals surface area (Å²) in [6.07, 6.45) is 4.26. The largest absolute Gasteiger partial charge is 0.467 e. The first kappa shape index (κ1) is 11.3. The average molecular weight is 235 g/mol. The molecule has 0 unspecified atom stereocenters. The molecule has 0 saturated heterocycles. The van der Waals surface area contributed by atoms with Crippen LogP contribution in [0.15, 0.2) is 12.4 Å². The molecule has 0 radical (unpaired) electrons. The molecular weight excluding hydrogens is 222 g/mol. The van der Waals surface area contributed by atoms with Gasteiger partial charge in [-0.15, -0.1) is 4.98 Å². The van der Waals surface area contributed by atoms with Gasteiger partial charge in [0, 0.05) is 18.8 Å². The smallest absolute Gasteiger partial charge is 0.324 e. The van der Waals surface area contributed by atoms with Gasteiger partial charge in [-0.2, -0.15) is 9.97 Å². The van der Waals surface area contributed by atoms with Crippen molar-refractivity contribution in [2.24, 2.45) is 0 Å². The van der Waals surface area contributed by atoms with Gasteiger partial charge in [-0.25, -0.2) is 4.98 Å². The van der Waals surface area contributed by atoms with E-state index < -0.39 is 0 Å². The van der Waals surface area contributed by atoms with Crippen LogP contribution < -0.4 is 9.47 Å². The van der Waals surface area contributed by atoms with Crippen molar-refractivity contribution < 1.29 is 9.47 Å². The Balaban J connectivity index is 2.51. The fraction of sp³-hybridized carbons (Fsp3) is 0.400. The average Bonchev–Trinajstić information content (AvgIpc) is 2.86. The zero-order valence-electron chi connectivity index (χ0n) is 9.91. The lowest BCUT2D eigenvalue weighted by atomic mass is 10.4. The summed E-state index contributed by atoms with van der Waals surface area (Å²) in [5.41, 5.74) is 0. The van der Waals surface area contributed by atoms with Crippen molar-refractivity contribution in [1.29, 1.82) is 0 Å². The minimum atomic E-state index is 0.211. The number of methoxy groups -OCH3 is 2. The highest BCUT2D eigenvalue weighted by molar-refractivity contribution is 5.20. The molecule has 0 aliphatic heterocycles. The minimum absolute atomic E-state index is 0.211. The molecule has 0 spiro atoms. The van der Waals surface area contributed by atoms with Crippen LogP contribution in [0.25, 0.3) is 5.95 Å². The molecule has 90 valence electrons. The second-order valence-corrected chi connectivity index (χ2v) is 3.18. The van der Waals surface area contributed by atoms with E-state index in [2.05, 4.69) is 19.9 Å². The van der Waals surface area contributed by atoms with Gasteiger partial charge < -0.3 is 9.47 Å². The van der Waals surface area contributed by atoms with Crippen LogP contribution in [0, 0.1) is 0 Å². The van der Waals surface area contributed by atoms with E-state index in [1.54, 1.807) is 17.0 Å². The molecule has 0 amide bonds. The summed E-state index contributed by atoms with van der Waals surface area (Å²) in [5, 5.41) is 0. The van der Waals surface area contributed by atoms with Gasteiger partial charge in [-0.05, 0) is 0 Å². The van der Waals surface area contributed by atoms with Crippen molar-refractivity contribution in [3.63, 3.8) is 0 Å². The van der Waals surface area contributed by atoms with E-state index in [0.717, 1.165) is 12.2 Å². The number of aromatic nitrogens is 5. The third-order valence-corrected chi connectivity index (χ3v) is 2.20. The number of nitrogens with zero attached hydrogens (tertiary/aromatic N) is 5. The van der Waals surface area contributed by atoms with Gasteiger partial charge in [0.25, 0.3) is 0 Å². The standard InChI is InChI=1S/C10H13N5O2/c1-4-7-11-5-6-15(7)8-12-9(16-2)14-10(13-8)17-3/h5-6H,4H2,1-3H3.